The highest BCUT2D eigenvalue weighted by Crippen LogP contribution is 2.27. The summed E-state index contributed by atoms with van der Waals surface area (Å²) >= 11 is 14.1. The summed E-state index contributed by atoms with van der Waals surface area (Å²) in [7, 11) is 0. The van der Waals surface area contributed by atoms with E-state index < -0.39 is 0 Å². The molecule has 2 N–H and O–H groups in total. The fourth-order valence-electron chi connectivity index (χ4n) is 1.85. The summed E-state index contributed by atoms with van der Waals surface area (Å²) in [5, 5.41) is 1.35. The van der Waals surface area contributed by atoms with Crippen molar-refractivity contribution in [2.24, 2.45) is 5.73 Å². The second kappa shape index (κ2) is 6.30. The molecular formula is C12H15Cl2NOS. The lowest BCUT2D eigenvalue weighted by Gasteiger charge is -2.28. The number of benzene rings is 1. The van der Waals surface area contributed by atoms with Gasteiger partial charge in [-0.15, -0.1) is 0 Å². The van der Waals surface area contributed by atoms with Crippen molar-refractivity contribution in [1.29, 1.82) is 0 Å². The van der Waals surface area contributed by atoms with Crippen LogP contribution in [0.4, 0.5) is 0 Å². The fourth-order valence-corrected chi connectivity index (χ4v) is 3.36. The van der Waals surface area contributed by atoms with Gasteiger partial charge in [-0.05, 0) is 24.1 Å². The van der Waals surface area contributed by atoms with E-state index in [2.05, 4.69) is 0 Å². The van der Waals surface area contributed by atoms with Crippen molar-refractivity contribution in [2.75, 3.05) is 18.1 Å². The first-order chi connectivity index (χ1) is 8.18. The Morgan fingerprint density at radius 1 is 1.41 bits per heavy atom. The van der Waals surface area contributed by atoms with Gasteiger partial charge in [0, 0.05) is 27.6 Å². The van der Waals surface area contributed by atoms with E-state index in [1.807, 2.05) is 30.0 Å². The van der Waals surface area contributed by atoms with E-state index in [-0.39, 0.29) is 12.1 Å². The lowest BCUT2D eigenvalue weighted by molar-refractivity contribution is 0.0572. The van der Waals surface area contributed by atoms with E-state index in [1.54, 1.807) is 0 Å². The van der Waals surface area contributed by atoms with E-state index in [4.69, 9.17) is 33.7 Å². The largest absolute Gasteiger partial charge is 0.375 e. The molecule has 1 aromatic rings. The molecule has 1 aliphatic rings. The third kappa shape index (κ3) is 3.52. The Morgan fingerprint density at radius 3 is 2.71 bits per heavy atom. The maximum Gasteiger partial charge on any atom is 0.0819 e. The summed E-state index contributed by atoms with van der Waals surface area (Å²) in [5.41, 5.74) is 7.08. The van der Waals surface area contributed by atoms with Crippen molar-refractivity contribution in [3.05, 3.63) is 33.8 Å². The number of rotatable bonds is 3. The summed E-state index contributed by atoms with van der Waals surface area (Å²) in [5.74, 6) is 2.00. The van der Waals surface area contributed by atoms with Crippen LogP contribution >= 0.6 is 35.0 Å². The monoisotopic (exact) mass is 291 g/mol. The molecule has 2 nitrogen and oxygen atoms in total. The number of nitrogens with two attached hydrogens (primary N) is 1. The highest BCUT2D eigenvalue weighted by Gasteiger charge is 2.23. The first kappa shape index (κ1) is 13.5. The van der Waals surface area contributed by atoms with Crippen molar-refractivity contribution in [1.82, 2.24) is 0 Å². The van der Waals surface area contributed by atoms with Crippen molar-refractivity contribution in [3.8, 4) is 0 Å². The maximum absolute atomic E-state index is 6.16. The zero-order valence-corrected chi connectivity index (χ0v) is 11.7. The molecular weight excluding hydrogens is 277 g/mol. The Labute approximate surface area is 116 Å². The van der Waals surface area contributed by atoms with Gasteiger partial charge in [-0.2, -0.15) is 11.8 Å². The summed E-state index contributed by atoms with van der Waals surface area (Å²) in [6.07, 6.45) is 0.755. The molecule has 0 aliphatic carbocycles. The number of thioether (sulfide) groups is 1. The molecule has 5 heteroatoms. The van der Waals surface area contributed by atoms with Crippen molar-refractivity contribution in [2.45, 2.75) is 18.6 Å². The summed E-state index contributed by atoms with van der Waals surface area (Å²) in [6, 6.07) is 5.46. The van der Waals surface area contributed by atoms with Gasteiger partial charge in [-0.3, -0.25) is 0 Å². The van der Waals surface area contributed by atoms with Gasteiger partial charge in [0.25, 0.3) is 0 Å². The second-order valence-corrected chi connectivity index (χ2v) is 6.02. The first-order valence-corrected chi connectivity index (χ1v) is 7.47. The van der Waals surface area contributed by atoms with E-state index in [1.165, 1.54) is 0 Å². The predicted octanol–water partition coefficient (Wildman–Crippen LogP) is 3.00. The van der Waals surface area contributed by atoms with Gasteiger partial charge in [-0.1, -0.05) is 29.3 Å². The molecule has 1 fully saturated rings. The third-order valence-corrected chi connectivity index (χ3v) is 4.55. The summed E-state index contributed by atoms with van der Waals surface area (Å²) < 4.78 is 5.66. The summed E-state index contributed by atoms with van der Waals surface area (Å²) in [4.78, 5) is 0. The molecule has 2 rings (SSSR count). The van der Waals surface area contributed by atoms with Gasteiger partial charge < -0.3 is 10.5 Å². The number of ether oxygens (including phenoxy) is 1. The van der Waals surface area contributed by atoms with E-state index in [9.17, 15) is 0 Å². The standard InChI is InChI=1S/C12H15Cl2NOS/c13-9-2-1-3-10(14)8(9)6-11(15)12-7-17-5-4-16-12/h1-3,11-12H,4-7,15H2. The van der Waals surface area contributed by atoms with Gasteiger partial charge in [0.1, 0.15) is 0 Å². The van der Waals surface area contributed by atoms with E-state index in [0.29, 0.717) is 16.5 Å². The normalized spacial score (nSPS) is 22.4. The minimum Gasteiger partial charge on any atom is -0.375 e. The zero-order chi connectivity index (χ0) is 12.3. The Morgan fingerprint density at radius 2 is 2.12 bits per heavy atom. The SMILES string of the molecule is NC(Cc1c(Cl)cccc1Cl)C1CSCCO1. The Kier molecular flexibility index (Phi) is 5.00. The van der Waals surface area contributed by atoms with Crippen LogP contribution in [0.5, 0.6) is 0 Å². The summed E-state index contributed by atoms with van der Waals surface area (Å²) in [6.45, 7) is 0.777. The van der Waals surface area contributed by atoms with E-state index in [0.717, 1.165) is 23.7 Å². The van der Waals surface area contributed by atoms with Crippen LogP contribution in [0.2, 0.25) is 10.0 Å². The predicted molar refractivity (Wildman–Crippen MR) is 75.2 cm³/mol. The molecule has 1 aliphatic heterocycles. The van der Waals surface area contributed by atoms with Gasteiger partial charge in [0.05, 0.1) is 12.7 Å². The Hall–Kier alpha value is 0.0700. The van der Waals surface area contributed by atoms with Crippen LogP contribution in [-0.4, -0.2) is 30.3 Å². The van der Waals surface area contributed by atoms with Crippen LogP contribution < -0.4 is 5.73 Å². The van der Waals surface area contributed by atoms with Gasteiger partial charge in [-0.25, -0.2) is 0 Å². The van der Waals surface area contributed by atoms with Crippen LogP contribution in [-0.2, 0) is 11.2 Å². The lowest BCUT2D eigenvalue weighted by Crippen LogP contribution is -2.42. The molecule has 1 aromatic carbocycles. The molecule has 1 heterocycles. The molecule has 0 aromatic heterocycles. The second-order valence-electron chi connectivity index (χ2n) is 4.05. The number of halogens is 2. The third-order valence-electron chi connectivity index (χ3n) is 2.82. The maximum atomic E-state index is 6.16. The van der Waals surface area contributed by atoms with Crippen LogP contribution in [0.1, 0.15) is 5.56 Å². The van der Waals surface area contributed by atoms with Crippen molar-refractivity contribution in [3.63, 3.8) is 0 Å². The first-order valence-electron chi connectivity index (χ1n) is 5.56. The zero-order valence-electron chi connectivity index (χ0n) is 9.36. The topological polar surface area (TPSA) is 35.2 Å². The van der Waals surface area contributed by atoms with Crippen molar-refractivity contribution >= 4 is 35.0 Å². The fraction of sp³-hybridized carbons (Fsp3) is 0.500. The van der Waals surface area contributed by atoms with Crippen LogP contribution in [0.15, 0.2) is 18.2 Å². The molecule has 1 saturated heterocycles. The van der Waals surface area contributed by atoms with Gasteiger partial charge >= 0.3 is 0 Å². The quantitative estimate of drug-likeness (QED) is 0.930. The smallest absolute Gasteiger partial charge is 0.0819 e. The molecule has 0 bridgehead atoms. The number of hydrogen-bond donors (Lipinski definition) is 1. The molecule has 17 heavy (non-hydrogen) atoms. The van der Waals surface area contributed by atoms with E-state index >= 15 is 0 Å². The van der Waals surface area contributed by atoms with Gasteiger partial charge in [0.15, 0.2) is 0 Å². The Balaban J connectivity index is 2.04. The molecule has 2 unspecified atom stereocenters. The van der Waals surface area contributed by atoms with Crippen LogP contribution in [0, 0.1) is 0 Å². The molecule has 0 radical (unpaired) electrons. The van der Waals surface area contributed by atoms with Crippen LogP contribution in [0.25, 0.3) is 0 Å². The average molecular weight is 292 g/mol. The highest BCUT2D eigenvalue weighted by atomic mass is 35.5. The Bertz CT molecular complexity index is 363. The minimum atomic E-state index is -0.0554. The highest BCUT2D eigenvalue weighted by molar-refractivity contribution is 7.99. The average Bonchev–Trinajstić information content (AvgIpc) is 2.35. The molecule has 2 atom stereocenters. The van der Waals surface area contributed by atoms with Gasteiger partial charge in [0.2, 0.25) is 0 Å². The van der Waals surface area contributed by atoms with Crippen molar-refractivity contribution < 1.29 is 4.74 Å². The lowest BCUT2D eigenvalue weighted by atomic mass is 10.0. The van der Waals surface area contributed by atoms with Crippen LogP contribution in [0.3, 0.4) is 0 Å². The minimum absolute atomic E-state index is 0.0554. The molecule has 94 valence electrons. The molecule has 0 saturated carbocycles. The molecule has 0 spiro atoms. The molecule has 0 amide bonds. The number of hydrogen-bond acceptors (Lipinski definition) is 3.